The molecule has 0 unspecified atom stereocenters. The molecule has 0 radical (unpaired) electrons. The minimum Gasteiger partial charge on any atom is -0.464 e. The summed E-state index contributed by atoms with van der Waals surface area (Å²) in [5.74, 6) is -0.273. The standard InChI is InChI=1S/C9H11FN2O2/c10-8-3-1-7(2-4-8)5-6-11-12-9(13)14/h1-4,11-12H,5-6H2,(H,13,14). The van der Waals surface area contributed by atoms with Crippen molar-refractivity contribution in [1.82, 2.24) is 10.9 Å². The topological polar surface area (TPSA) is 61.4 Å². The maximum Gasteiger partial charge on any atom is 0.419 e. The fourth-order valence-corrected chi connectivity index (χ4v) is 0.996. The van der Waals surface area contributed by atoms with E-state index < -0.39 is 6.09 Å². The summed E-state index contributed by atoms with van der Waals surface area (Å²) in [6, 6.07) is 6.08. The van der Waals surface area contributed by atoms with Crippen LogP contribution in [-0.2, 0) is 6.42 Å². The summed E-state index contributed by atoms with van der Waals surface area (Å²) in [5, 5.41) is 8.22. The first-order valence-electron chi connectivity index (χ1n) is 4.15. The Labute approximate surface area is 80.7 Å². The highest BCUT2D eigenvalue weighted by molar-refractivity contribution is 5.63. The van der Waals surface area contributed by atoms with E-state index in [2.05, 4.69) is 5.43 Å². The highest BCUT2D eigenvalue weighted by Gasteiger charge is 1.95. The van der Waals surface area contributed by atoms with Gasteiger partial charge in [0.25, 0.3) is 0 Å². The van der Waals surface area contributed by atoms with E-state index in [1.807, 2.05) is 5.43 Å². The van der Waals surface area contributed by atoms with Gasteiger partial charge in [0.2, 0.25) is 0 Å². The van der Waals surface area contributed by atoms with E-state index in [-0.39, 0.29) is 5.82 Å². The molecule has 14 heavy (non-hydrogen) atoms. The lowest BCUT2D eigenvalue weighted by molar-refractivity contribution is 0.189. The van der Waals surface area contributed by atoms with Gasteiger partial charge < -0.3 is 5.11 Å². The van der Waals surface area contributed by atoms with E-state index >= 15 is 0 Å². The van der Waals surface area contributed by atoms with Gasteiger partial charge >= 0.3 is 6.09 Å². The molecule has 0 saturated heterocycles. The zero-order chi connectivity index (χ0) is 10.4. The molecule has 0 atom stereocenters. The highest BCUT2D eigenvalue weighted by Crippen LogP contribution is 2.02. The molecule has 0 heterocycles. The van der Waals surface area contributed by atoms with E-state index in [0.29, 0.717) is 13.0 Å². The van der Waals surface area contributed by atoms with Crippen molar-refractivity contribution in [2.75, 3.05) is 6.54 Å². The molecule has 0 bridgehead atoms. The van der Waals surface area contributed by atoms with Crippen molar-refractivity contribution in [1.29, 1.82) is 0 Å². The zero-order valence-corrected chi connectivity index (χ0v) is 7.46. The van der Waals surface area contributed by atoms with Crippen LogP contribution in [0, 0.1) is 5.82 Å². The molecule has 0 aromatic heterocycles. The molecule has 0 saturated carbocycles. The molecule has 76 valence electrons. The van der Waals surface area contributed by atoms with Crippen LogP contribution in [0.5, 0.6) is 0 Å². The van der Waals surface area contributed by atoms with Crippen LogP contribution < -0.4 is 10.9 Å². The van der Waals surface area contributed by atoms with Gasteiger partial charge in [0, 0.05) is 6.54 Å². The smallest absolute Gasteiger partial charge is 0.419 e. The number of rotatable bonds is 4. The number of halogens is 1. The Morgan fingerprint density at radius 1 is 1.36 bits per heavy atom. The van der Waals surface area contributed by atoms with Crippen LogP contribution in [0.25, 0.3) is 0 Å². The number of hydrogen-bond donors (Lipinski definition) is 3. The first-order valence-corrected chi connectivity index (χ1v) is 4.15. The van der Waals surface area contributed by atoms with Gasteiger partial charge in [-0.15, -0.1) is 0 Å². The third-order valence-corrected chi connectivity index (χ3v) is 1.65. The normalized spacial score (nSPS) is 9.79. The summed E-state index contributed by atoms with van der Waals surface area (Å²) in [5.41, 5.74) is 5.47. The summed E-state index contributed by atoms with van der Waals surface area (Å²) in [6.45, 7) is 0.470. The van der Waals surface area contributed by atoms with Gasteiger partial charge in [0.15, 0.2) is 0 Å². The lowest BCUT2D eigenvalue weighted by atomic mass is 10.1. The SMILES string of the molecule is O=C(O)NNCCc1ccc(F)cc1. The van der Waals surface area contributed by atoms with Gasteiger partial charge in [0.1, 0.15) is 5.82 Å². The molecular weight excluding hydrogens is 187 g/mol. The van der Waals surface area contributed by atoms with Crippen molar-refractivity contribution in [3.63, 3.8) is 0 Å². The Balaban J connectivity index is 2.25. The number of amides is 1. The maximum absolute atomic E-state index is 12.5. The van der Waals surface area contributed by atoms with Gasteiger partial charge in [-0.2, -0.15) is 0 Å². The first kappa shape index (κ1) is 10.5. The van der Waals surface area contributed by atoms with E-state index in [9.17, 15) is 9.18 Å². The Hall–Kier alpha value is -1.62. The second-order valence-electron chi connectivity index (χ2n) is 2.73. The lowest BCUT2D eigenvalue weighted by Crippen LogP contribution is -2.37. The van der Waals surface area contributed by atoms with Crippen molar-refractivity contribution in [3.05, 3.63) is 35.6 Å². The number of nitrogens with one attached hydrogen (secondary N) is 2. The number of benzene rings is 1. The van der Waals surface area contributed by atoms with Crippen LogP contribution in [-0.4, -0.2) is 17.7 Å². The molecule has 0 aliphatic carbocycles. The molecule has 0 fully saturated rings. The minimum atomic E-state index is -1.12. The molecule has 5 heteroatoms. The molecular formula is C9H11FN2O2. The van der Waals surface area contributed by atoms with Crippen molar-refractivity contribution < 1.29 is 14.3 Å². The van der Waals surface area contributed by atoms with Crippen molar-refractivity contribution in [2.24, 2.45) is 0 Å². The molecule has 0 aliphatic heterocycles. The molecule has 1 aromatic rings. The van der Waals surface area contributed by atoms with Gasteiger partial charge in [-0.25, -0.2) is 14.6 Å². The van der Waals surface area contributed by atoms with Crippen LogP contribution >= 0.6 is 0 Å². The molecule has 3 N–H and O–H groups in total. The van der Waals surface area contributed by atoms with Crippen molar-refractivity contribution in [2.45, 2.75) is 6.42 Å². The maximum atomic E-state index is 12.5. The Kier molecular flexibility index (Phi) is 3.87. The van der Waals surface area contributed by atoms with Crippen molar-refractivity contribution in [3.8, 4) is 0 Å². The largest absolute Gasteiger partial charge is 0.464 e. The van der Waals surface area contributed by atoms with Gasteiger partial charge in [-0.05, 0) is 24.1 Å². The monoisotopic (exact) mass is 198 g/mol. The predicted octanol–water partition coefficient (Wildman–Crippen LogP) is 1.14. The van der Waals surface area contributed by atoms with Crippen LogP contribution in [0.2, 0.25) is 0 Å². The fourth-order valence-electron chi connectivity index (χ4n) is 0.996. The summed E-state index contributed by atoms with van der Waals surface area (Å²) in [4.78, 5) is 10.0. The number of carboxylic acid groups (broad SMARTS) is 1. The molecule has 1 amide bonds. The second kappa shape index (κ2) is 5.18. The van der Waals surface area contributed by atoms with Crippen LogP contribution in [0.4, 0.5) is 9.18 Å². The van der Waals surface area contributed by atoms with Crippen LogP contribution in [0.3, 0.4) is 0 Å². The Bertz CT molecular complexity index is 300. The van der Waals surface area contributed by atoms with E-state index in [0.717, 1.165) is 5.56 Å². The second-order valence-corrected chi connectivity index (χ2v) is 2.73. The average molecular weight is 198 g/mol. The highest BCUT2D eigenvalue weighted by atomic mass is 19.1. The number of carbonyl (C=O) groups is 1. The van der Waals surface area contributed by atoms with Gasteiger partial charge in [-0.1, -0.05) is 12.1 Å². The van der Waals surface area contributed by atoms with E-state index in [1.54, 1.807) is 12.1 Å². The van der Waals surface area contributed by atoms with Crippen LogP contribution in [0.1, 0.15) is 5.56 Å². The summed E-state index contributed by atoms with van der Waals surface area (Å²) >= 11 is 0. The van der Waals surface area contributed by atoms with Gasteiger partial charge in [0.05, 0.1) is 0 Å². The molecule has 1 aromatic carbocycles. The fraction of sp³-hybridized carbons (Fsp3) is 0.222. The summed E-state index contributed by atoms with van der Waals surface area (Å²) in [7, 11) is 0. The molecule has 0 spiro atoms. The first-order chi connectivity index (χ1) is 6.68. The quantitative estimate of drug-likeness (QED) is 0.502. The molecule has 4 nitrogen and oxygen atoms in total. The Morgan fingerprint density at radius 2 is 2.00 bits per heavy atom. The minimum absolute atomic E-state index is 0.273. The Morgan fingerprint density at radius 3 is 2.57 bits per heavy atom. The van der Waals surface area contributed by atoms with Crippen molar-refractivity contribution >= 4 is 6.09 Å². The zero-order valence-electron chi connectivity index (χ0n) is 7.46. The summed E-state index contributed by atoms with van der Waals surface area (Å²) < 4.78 is 12.5. The van der Waals surface area contributed by atoms with E-state index in [1.165, 1.54) is 12.1 Å². The third kappa shape index (κ3) is 3.86. The number of hydrogen-bond acceptors (Lipinski definition) is 2. The average Bonchev–Trinajstić information content (AvgIpc) is 2.15. The molecule has 0 aliphatic rings. The van der Waals surface area contributed by atoms with Crippen LogP contribution in [0.15, 0.2) is 24.3 Å². The molecule has 1 rings (SSSR count). The summed E-state index contributed by atoms with van der Waals surface area (Å²) in [6.07, 6.45) is -0.482. The number of hydrazine groups is 1. The third-order valence-electron chi connectivity index (χ3n) is 1.65. The predicted molar refractivity (Wildman–Crippen MR) is 49.3 cm³/mol. The lowest BCUT2D eigenvalue weighted by Gasteiger charge is -2.03. The van der Waals surface area contributed by atoms with Gasteiger partial charge in [-0.3, -0.25) is 5.43 Å². The van der Waals surface area contributed by atoms with E-state index in [4.69, 9.17) is 5.11 Å².